The Balaban J connectivity index is 1.61. The number of nitrogens with zero attached hydrogens (tertiary/aromatic N) is 2. The Hall–Kier alpha value is -3.42. The van der Waals surface area contributed by atoms with Gasteiger partial charge < -0.3 is 0 Å². The minimum atomic E-state index is -3.73. The van der Waals surface area contributed by atoms with Gasteiger partial charge in [0.2, 0.25) is 10.0 Å². The second-order valence-corrected chi connectivity index (χ2v) is 9.56. The number of carbonyl (C=O) groups excluding carboxylic acids is 1. The van der Waals surface area contributed by atoms with Crippen LogP contribution in [0.25, 0.3) is 21.5 Å². The van der Waals surface area contributed by atoms with Gasteiger partial charge in [-0.15, -0.1) is 0 Å². The Morgan fingerprint density at radius 1 is 0.969 bits per heavy atom. The summed E-state index contributed by atoms with van der Waals surface area (Å²) in [5.74, 6) is -0.587. The van der Waals surface area contributed by atoms with Crippen molar-refractivity contribution >= 4 is 61.0 Å². The van der Waals surface area contributed by atoms with Crippen molar-refractivity contribution in [3.63, 3.8) is 0 Å². The minimum Gasteiger partial charge on any atom is -0.271 e. The number of hydrazone groups is 1. The summed E-state index contributed by atoms with van der Waals surface area (Å²) in [5, 5.41) is 8.46. The number of halogens is 1. The number of para-hydroxylation sites is 1. The van der Waals surface area contributed by atoms with E-state index in [9.17, 15) is 13.2 Å². The second-order valence-electron chi connectivity index (χ2n) is 7.25. The van der Waals surface area contributed by atoms with Crippen LogP contribution in [0.4, 0.5) is 5.69 Å². The molecule has 8 heteroatoms. The molecular formula is C24H20ClN3O3S. The Morgan fingerprint density at radius 3 is 2.12 bits per heavy atom. The highest BCUT2D eigenvalue weighted by Crippen LogP contribution is 2.28. The van der Waals surface area contributed by atoms with E-state index in [1.54, 1.807) is 30.5 Å². The number of rotatable bonds is 6. The van der Waals surface area contributed by atoms with Crippen LogP contribution in [-0.4, -0.2) is 33.3 Å². The largest absolute Gasteiger partial charge is 0.271 e. The average Bonchev–Trinajstić information content (AvgIpc) is 2.77. The fourth-order valence-corrected chi connectivity index (χ4v) is 4.71. The zero-order chi connectivity index (χ0) is 22.7. The molecule has 6 nitrogen and oxygen atoms in total. The van der Waals surface area contributed by atoms with Crippen LogP contribution in [0.2, 0.25) is 5.02 Å². The van der Waals surface area contributed by atoms with Crippen molar-refractivity contribution in [3.8, 4) is 0 Å². The quantitative estimate of drug-likeness (QED) is 0.257. The van der Waals surface area contributed by atoms with E-state index in [0.29, 0.717) is 0 Å². The second kappa shape index (κ2) is 8.98. The van der Waals surface area contributed by atoms with Gasteiger partial charge in [-0.2, -0.15) is 5.10 Å². The van der Waals surface area contributed by atoms with Gasteiger partial charge in [-0.1, -0.05) is 72.3 Å². The first-order valence-electron chi connectivity index (χ1n) is 9.79. The fraction of sp³-hybridized carbons (Fsp3) is 0.0833. The van der Waals surface area contributed by atoms with Crippen molar-refractivity contribution in [1.29, 1.82) is 0 Å². The normalized spacial score (nSPS) is 11.8. The van der Waals surface area contributed by atoms with Gasteiger partial charge in [0.15, 0.2) is 0 Å². The Bertz CT molecular complexity index is 1400. The summed E-state index contributed by atoms with van der Waals surface area (Å²) >= 11 is 6.14. The number of anilines is 1. The lowest BCUT2D eigenvalue weighted by Crippen LogP contribution is -2.39. The molecule has 4 aromatic rings. The highest BCUT2D eigenvalue weighted by Gasteiger charge is 2.22. The van der Waals surface area contributed by atoms with Gasteiger partial charge in [-0.25, -0.2) is 13.8 Å². The number of hydrogen-bond acceptors (Lipinski definition) is 4. The zero-order valence-corrected chi connectivity index (χ0v) is 18.8. The van der Waals surface area contributed by atoms with Gasteiger partial charge in [-0.3, -0.25) is 9.10 Å². The molecule has 0 bridgehead atoms. The summed E-state index contributed by atoms with van der Waals surface area (Å²) in [6, 6.07) is 24.4. The number of hydrogen-bond donors (Lipinski definition) is 1. The fourth-order valence-electron chi connectivity index (χ4n) is 3.56. The maximum absolute atomic E-state index is 12.5. The number of nitrogens with one attached hydrogen (secondary N) is 1. The van der Waals surface area contributed by atoms with Crippen LogP contribution >= 0.6 is 11.6 Å². The monoisotopic (exact) mass is 465 g/mol. The molecule has 1 N–H and O–H groups in total. The maximum Gasteiger partial charge on any atom is 0.260 e. The molecule has 0 radical (unpaired) electrons. The molecule has 0 aromatic heterocycles. The third-order valence-corrected chi connectivity index (χ3v) is 6.45. The third-order valence-electron chi connectivity index (χ3n) is 5.00. The van der Waals surface area contributed by atoms with E-state index >= 15 is 0 Å². The molecule has 0 unspecified atom stereocenters. The third kappa shape index (κ3) is 4.59. The van der Waals surface area contributed by atoms with Crippen LogP contribution < -0.4 is 9.73 Å². The lowest BCUT2D eigenvalue weighted by Gasteiger charge is -2.22. The molecule has 162 valence electrons. The Morgan fingerprint density at radius 2 is 1.53 bits per heavy atom. The lowest BCUT2D eigenvalue weighted by atomic mass is 9.97. The summed E-state index contributed by atoms with van der Waals surface area (Å²) in [7, 11) is -3.73. The number of sulfonamides is 1. The van der Waals surface area contributed by atoms with Crippen LogP contribution in [0.5, 0.6) is 0 Å². The molecule has 0 heterocycles. The first-order chi connectivity index (χ1) is 15.3. The van der Waals surface area contributed by atoms with E-state index in [1.807, 2.05) is 48.5 Å². The van der Waals surface area contributed by atoms with E-state index in [1.165, 1.54) is 0 Å². The molecule has 4 aromatic carbocycles. The summed E-state index contributed by atoms with van der Waals surface area (Å²) < 4.78 is 25.5. The first-order valence-corrected chi connectivity index (χ1v) is 12.0. The molecule has 32 heavy (non-hydrogen) atoms. The van der Waals surface area contributed by atoms with E-state index < -0.39 is 22.5 Å². The molecule has 0 saturated carbocycles. The van der Waals surface area contributed by atoms with Gasteiger partial charge in [-0.05, 0) is 39.7 Å². The minimum absolute atomic E-state index is 0.232. The molecule has 0 saturated heterocycles. The molecule has 0 fully saturated rings. The van der Waals surface area contributed by atoms with E-state index in [0.717, 1.165) is 37.7 Å². The standard InChI is InChI=1S/C24H20ClN3O3S/c1-32(30,31)28(23-13-7-6-12-22(23)25)16-24(29)27-26-15-21-19-10-4-2-8-17(19)14-18-9-3-5-11-20(18)21/h2-15H,16H2,1H3,(H,27,29). The van der Waals surface area contributed by atoms with E-state index in [4.69, 9.17) is 11.6 Å². The topological polar surface area (TPSA) is 78.8 Å². The highest BCUT2D eigenvalue weighted by molar-refractivity contribution is 7.92. The van der Waals surface area contributed by atoms with Crippen LogP contribution in [0.3, 0.4) is 0 Å². The highest BCUT2D eigenvalue weighted by atomic mass is 35.5. The van der Waals surface area contributed by atoms with Gasteiger partial charge in [0.25, 0.3) is 5.91 Å². The zero-order valence-electron chi connectivity index (χ0n) is 17.2. The number of amides is 1. The molecule has 0 aliphatic carbocycles. The molecule has 0 aliphatic rings. The maximum atomic E-state index is 12.5. The molecular weight excluding hydrogens is 446 g/mol. The van der Waals surface area contributed by atoms with Gasteiger partial charge in [0, 0.05) is 5.56 Å². The first kappa shape index (κ1) is 21.8. The van der Waals surface area contributed by atoms with E-state index in [2.05, 4.69) is 16.6 Å². The average molecular weight is 466 g/mol. The van der Waals surface area contributed by atoms with Crippen molar-refractivity contribution in [2.24, 2.45) is 5.10 Å². The SMILES string of the molecule is CS(=O)(=O)N(CC(=O)NN=Cc1c2ccccc2cc2ccccc12)c1ccccc1Cl. The van der Waals surface area contributed by atoms with Crippen molar-refractivity contribution in [2.75, 3.05) is 17.1 Å². The predicted molar refractivity (Wildman–Crippen MR) is 131 cm³/mol. The predicted octanol–water partition coefficient (Wildman–Crippen LogP) is 4.56. The molecule has 4 rings (SSSR count). The van der Waals surface area contributed by atoms with Crippen molar-refractivity contribution in [1.82, 2.24) is 5.43 Å². The summed E-state index contributed by atoms with van der Waals surface area (Å²) in [6.07, 6.45) is 2.61. The van der Waals surface area contributed by atoms with Crippen molar-refractivity contribution in [3.05, 3.63) is 89.4 Å². The van der Waals surface area contributed by atoms with Crippen molar-refractivity contribution < 1.29 is 13.2 Å². The lowest BCUT2D eigenvalue weighted by molar-refractivity contribution is -0.119. The van der Waals surface area contributed by atoms with Gasteiger partial charge in [0.1, 0.15) is 6.54 Å². The number of fused-ring (bicyclic) bond motifs is 2. The Kier molecular flexibility index (Phi) is 6.12. The van der Waals surface area contributed by atoms with Crippen LogP contribution in [-0.2, 0) is 14.8 Å². The van der Waals surface area contributed by atoms with Crippen LogP contribution in [0.1, 0.15) is 5.56 Å². The van der Waals surface area contributed by atoms with E-state index in [-0.39, 0.29) is 10.7 Å². The number of carbonyl (C=O) groups is 1. The summed E-state index contributed by atoms with van der Waals surface area (Å²) in [4.78, 5) is 12.5. The van der Waals surface area contributed by atoms with Crippen LogP contribution in [0.15, 0.2) is 84.0 Å². The Labute approximate surface area is 191 Å². The summed E-state index contributed by atoms with van der Waals surface area (Å²) in [5.41, 5.74) is 3.53. The summed E-state index contributed by atoms with van der Waals surface area (Å²) in [6.45, 7) is -0.448. The van der Waals surface area contributed by atoms with Crippen LogP contribution in [0, 0.1) is 0 Å². The molecule has 1 amide bonds. The van der Waals surface area contributed by atoms with Gasteiger partial charge in [0.05, 0.1) is 23.2 Å². The number of benzene rings is 4. The molecule has 0 atom stereocenters. The van der Waals surface area contributed by atoms with Gasteiger partial charge >= 0.3 is 0 Å². The smallest absolute Gasteiger partial charge is 0.260 e. The molecule has 0 aliphatic heterocycles. The van der Waals surface area contributed by atoms with Crippen molar-refractivity contribution in [2.45, 2.75) is 0 Å². The molecule has 0 spiro atoms.